The van der Waals surface area contributed by atoms with Crippen molar-refractivity contribution >= 4 is 11.8 Å². The average molecular weight is 433 g/mol. The van der Waals surface area contributed by atoms with E-state index in [4.69, 9.17) is 28.4 Å². The van der Waals surface area contributed by atoms with E-state index in [2.05, 4.69) is 0 Å². The van der Waals surface area contributed by atoms with Crippen molar-refractivity contribution in [2.24, 2.45) is 0 Å². The predicted octanol–water partition coefficient (Wildman–Crippen LogP) is 1.70. The molecule has 0 aliphatic carbocycles. The van der Waals surface area contributed by atoms with Crippen LogP contribution < -0.4 is 0 Å². The third-order valence-electron chi connectivity index (χ3n) is 5.93. The summed E-state index contributed by atoms with van der Waals surface area (Å²) >= 11 is 0. The Kier molecular flexibility index (Phi) is 4.96. The standard InChI is InChI=1S/C22H27NO8/c1-21(2)27-11-14(29-21)15-16(17-20(28-15)31-22(3,4)30-17)26-10-9-23-18(24)12-7-5-6-8-13(12)19(23)25/h5-8,14-17,20H,9-11H2,1-4H3. The topological polar surface area (TPSA) is 92.8 Å². The van der Waals surface area contributed by atoms with E-state index >= 15 is 0 Å². The molecule has 0 bridgehead atoms. The third-order valence-corrected chi connectivity index (χ3v) is 5.93. The molecular formula is C22H27NO8. The van der Waals surface area contributed by atoms with Gasteiger partial charge in [0.25, 0.3) is 11.8 Å². The summed E-state index contributed by atoms with van der Waals surface area (Å²) in [6.07, 6.45) is -2.34. The molecule has 0 saturated carbocycles. The van der Waals surface area contributed by atoms with E-state index in [0.29, 0.717) is 17.7 Å². The zero-order valence-corrected chi connectivity index (χ0v) is 18.0. The molecule has 5 rings (SSSR count). The number of hydrogen-bond donors (Lipinski definition) is 0. The van der Waals surface area contributed by atoms with Crippen molar-refractivity contribution < 1.29 is 38.0 Å². The Bertz CT molecular complexity index is 864. The second kappa shape index (κ2) is 7.33. The number of benzene rings is 1. The molecular weight excluding hydrogens is 406 g/mol. The first kappa shape index (κ1) is 21.0. The van der Waals surface area contributed by atoms with Gasteiger partial charge in [-0.05, 0) is 39.8 Å². The maximum atomic E-state index is 12.6. The van der Waals surface area contributed by atoms with Gasteiger partial charge in [0.15, 0.2) is 17.9 Å². The summed E-state index contributed by atoms with van der Waals surface area (Å²) in [5.74, 6) is -2.12. The molecule has 2 amide bonds. The number of amides is 2. The molecule has 9 nitrogen and oxygen atoms in total. The molecule has 9 heteroatoms. The fraction of sp³-hybridized carbons (Fsp3) is 0.636. The van der Waals surface area contributed by atoms with Crippen LogP contribution in [0.15, 0.2) is 24.3 Å². The predicted molar refractivity (Wildman–Crippen MR) is 105 cm³/mol. The van der Waals surface area contributed by atoms with Gasteiger partial charge < -0.3 is 28.4 Å². The van der Waals surface area contributed by atoms with Crippen LogP contribution in [-0.2, 0) is 28.4 Å². The zero-order valence-electron chi connectivity index (χ0n) is 18.0. The number of imide groups is 1. The van der Waals surface area contributed by atoms with Crippen molar-refractivity contribution in [1.82, 2.24) is 4.90 Å². The number of rotatable bonds is 5. The van der Waals surface area contributed by atoms with Crippen molar-refractivity contribution in [3.8, 4) is 0 Å². The van der Waals surface area contributed by atoms with E-state index in [1.54, 1.807) is 24.3 Å². The monoisotopic (exact) mass is 433 g/mol. The minimum Gasteiger partial charge on any atom is -0.371 e. The highest BCUT2D eigenvalue weighted by atomic mass is 16.8. The molecule has 0 radical (unpaired) electrons. The van der Waals surface area contributed by atoms with E-state index < -0.39 is 36.2 Å². The Hall–Kier alpha value is -1.88. The van der Waals surface area contributed by atoms with Crippen LogP contribution >= 0.6 is 0 Å². The summed E-state index contributed by atoms with van der Waals surface area (Å²) in [7, 11) is 0. The lowest BCUT2D eigenvalue weighted by atomic mass is 10.1. The Balaban J connectivity index is 1.27. The van der Waals surface area contributed by atoms with Gasteiger partial charge in [0, 0.05) is 0 Å². The van der Waals surface area contributed by atoms with Gasteiger partial charge in [-0.1, -0.05) is 12.1 Å². The maximum absolute atomic E-state index is 12.6. The van der Waals surface area contributed by atoms with Crippen LogP contribution in [0.25, 0.3) is 0 Å². The van der Waals surface area contributed by atoms with E-state index in [-0.39, 0.29) is 31.1 Å². The molecule has 4 aliphatic rings. The van der Waals surface area contributed by atoms with Gasteiger partial charge in [0.05, 0.1) is 30.9 Å². The number of carbonyl (C=O) groups is 2. The van der Waals surface area contributed by atoms with Crippen molar-refractivity contribution in [3.05, 3.63) is 35.4 Å². The molecule has 1 aromatic carbocycles. The van der Waals surface area contributed by atoms with Crippen molar-refractivity contribution in [3.63, 3.8) is 0 Å². The number of hydrogen-bond acceptors (Lipinski definition) is 8. The Labute approximate surface area is 180 Å². The summed E-state index contributed by atoms with van der Waals surface area (Å²) < 4.78 is 35.8. The lowest BCUT2D eigenvalue weighted by molar-refractivity contribution is -0.235. The molecule has 168 valence electrons. The largest absolute Gasteiger partial charge is 0.371 e. The Morgan fingerprint density at radius 2 is 1.65 bits per heavy atom. The summed E-state index contributed by atoms with van der Waals surface area (Å²) in [6, 6.07) is 6.81. The number of ether oxygens (including phenoxy) is 6. The molecule has 5 unspecified atom stereocenters. The second-order valence-corrected chi connectivity index (χ2v) is 9.08. The normalized spacial score (nSPS) is 35.6. The first-order valence-electron chi connectivity index (χ1n) is 10.5. The van der Waals surface area contributed by atoms with Crippen LogP contribution in [0.4, 0.5) is 0 Å². The summed E-state index contributed by atoms with van der Waals surface area (Å²) in [5.41, 5.74) is 0.838. The molecule has 31 heavy (non-hydrogen) atoms. The molecule has 0 aromatic heterocycles. The van der Waals surface area contributed by atoms with Crippen LogP contribution in [0, 0.1) is 0 Å². The van der Waals surface area contributed by atoms with Gasteiger partial charge in [0.2, 0.25) is 0 Å². The van der Waals surface area contributed by atoms with Gasteiger partial charge in [-0.2, -0.15) is 0 Å². The second-order valence-electron chi connectivity index (χ2n) is 9.08. The molecule has 0 spiro atoms. The minimum absolute atomic E-state index is 0.130. The first-order valence-corrected chi connectivity index (χ1v) is 10.5. The first-order chi connectivity index (χ1) is 14.7. The fourth-order valence-corrected chi connectivity index (χ4v) is 4.59. The molecule has 4 heterocycles. The summed E-state index contributed by atoms with van der Waals surface area (Å²) in [6.45, 7) is 7.95. The van der Waals surface area contributed by atoms with Gasteiger partial charge in [0.1, 0.15) is 24.4 Å². The number of carbonyl (C=O) groups excluding carboxylic acids is 2. The number of nitrogens with zero attached hydrogens (tertiary/aromatic N) is 1. The average Bonchev–Trinajstić information content (AvgIpc) is 3.38. The van der Waals surface area contributed by atoms with Crippen molar-refractivity contribution in [2.45, 2.75) is 70.0 Å². The van der Waals surface area contributed by atoms with E-state index in [1.807, 2.05) is 27.7 Å². The zero-order chi connectivity index (χ0) is 22.0. The van der Waals surface area contributed by atoms with Crippen LogP contribution in [0.1, 0.15) is 48.4 Å². The summed E-state index contributed by atoms with van der Waals surface area (Å²) in [4.78, 5) is 26.4. The number of fused-ring (bicyclic) bond motifs is 2. The SMILES string of the molecule is CC1(C)OCC(C2OC3OC(C)(C)OC3C2OCCN2C(=O)c3ccccc3C2=O)O1. The molecule has 3 saturated heterocycles. The van der Waals surface area contributed by atoms with Crippen LogP contribution in [0.5, 0.6) is 0 Å². The Morgan fingerprint density at radius 3 is 2.26 bits per heavy atom. The van der Waals surface area contributed by atoms with E-state index in [0.717, 1.165) is 0 Å². The van der Waals surface area contributed by atoms with Crippen molar-refractivity contribution in [2.75, 3.05) is 19.8 Å². The highest BCUT2D eigenvalue weighted by Gasteiger charge is 2.59. The summed E-state index contributed by atoms with van der Waals surface area (Å²) in [5, 5.41) is 0. The van der Waals surface area contributed by atoms with E-state index in [9.17, 15) is 9.59 Å². The van der Waals surface area contributed by atoms with Crippen molar-refractivity contribution in [1.29, 1.82) is 0 Å². The van der Waals surface area contributed by atoms with Crippen LogP contribution in [-0.4, -0.2) is 78.8 Å². The molecule has 4 aliphatic heterocycles. The molecule has 5 atom stereocenters. The highest BCUT2D eigenvalue weighted by Crippen LogP contribution is 2.42. The fourth-order valence-electron chi connectivity index (χ4n) is 4.59. The van der Waals surface area contributed by atoms with Crippen LogP contribution in [0.2, 0.25) is 0 Å². The molecule has 0 N–H and O–H groups in total. The van der Waals surface area contributed by atoms with Crippen LogP contribution in [0.3, 0.4) is 0 Å². The van der Waals surface area contributed by atoms with Gasteiger partial charge >= 0.3 is 0 Å². The lowest BCUT2D eigenvalue weighted by Gasteiger charge is -2.29. The van der Waals surface area contributed by atoms with Gasteiger partial charge in [-0.3, -0.25) is 14.5 Å². The Morgan fingerprint density at radius 1 is 0.968 bits per heavy atom. The highest BCUT2D eigenvalue weighted by molar-refractivity contribution is 6.21. The maximum Gasteiger partial charge on any atom is 0.261 e. The van der Waals surface area contributed by atoms with E-state index in [1.165, 1.54) is 4.90 Å². The van der Waals surface area contributed by atoms with Gasteiger partial charge in [-0.25, -0.2) is 0 Å². The molecule has 1 aromatic rings. The quantitative estimate of drug-likeness (QED) is 0.648. The lowest BCUT2D eigenvalue weighted by Crippen LogP contribution is -2.45. The molecule has 3 fully saturated rings. The smallest absolute Gasteiger partial charge is 0.261 e. The minimum atomic E-state index is -0.795. The van der Waals surface area contributed by atoms with Gasteiger partial charge in [-0.15, -0.1) is 0 Å². The third kappa shape index (κ3) is 3.69.